The van der Waals surface area contributed by atoms with Crippen LogP contribution in [-0.4, -0.2) is 33.7 Å². The van der Waals surface area contributed by atoms with Gasteiger partial charge in [-0.25, -0.2) is 4.68 Å². The second-order valence-electron chi connectivity index (χ2n) is 4.93. The van der Waals surface area contributed by atoms with Crippen LogP contribution >= 0.6 is 0 Å². The smallest absolute Gasteiger partial charge is 0.232 e. The van der Waals surface area contributed by atoms with E-state index < -0.39 is 5.92 Å². The molecule has 2 aromatic rings. The molecule has 22 heavy (non-hydrogen) atoms. The summed E-state index contributed by atoms with van der Waals surface area (Å²) in [6.07, 6.45) is 1.45. The average Bonchev–Trinajstić information content (AvgIpc) is 2.95. The van der Waals surface area contributed by atoms with Gasteiger partial charge in [0.15, 0.2) is 0 Å². The van der Waals surface area contributed by atoms with Crippen LogP contribution in [0.25, 0.3) is 0 Å². The molecule has 2 N–H and O–H groups in total. The highest BCUT2D eigenvalue weighted by Gasteiger charge is 2.29. The Bertz CT molecular complexity index is 695. The number of nitrogens with zero attached hydrogens (tertiary/aromatic N) is 3. The molecule has 0 bridgehead atoms. The largest absolute Gasteiger partial charge is 0.497 e. The van der Waals surface area contributed by atoms with E-state index in [0.29, 0.717) is 23.9 Å². The first-order valence-electron chi connectivity index (χ1n) is 6.78. The Kier molecular flexibility index (Phi) is 3.73. The second-order valence-corrected chi connectivity index (χ2v) is 4.93. The number of benzene rings is 1. The van der Waals surface area contributed by atoms with E-state index in [2.05, 4.69) is 20.7 Å². The Balaban J connectivity index is 1.60. The summed E-state index contributed by atoms with van der Waals surface area (Å²) in [5, 5.41) is 9.38. The molecule has 0 saturated heterocycles. The van der Waals surface area contributed by atoms with Crippen LogP contribution in [0.5, 0.6) is 5.75 Å². The van der Waals surface area contributed by atoms with Gasteiger partial charge in [0.2, 0.25) is 17.8 Å². The molecule has 0 fully saturated rings. The third kappa shape index (κ3) is 2.90. The molecule has 8 heteroatoms. The maximum atomic E-state index is 12.1. The number of ether oxygens (including phenoxy) is 1. The van der Waals surface area contributed by atoms with E-state index in [9.17, 15) is 9.59 Å². The number of hydrogen-bond acceptors (Lipinski definition) is 5. The Morgan fingerprint density at radius 3 is 2.95 bits per heavy atom. The predicted molar refractivity (Wildman–Crippen MR) is 78.4 cm³/mol. The molecule has 1 aromatic carbocycles. The van der Waals surface area contributed by atoms with E-state index in [1.54, 1.807) is 36.1 Å². The number of anilines is 2. The molecular weight excluding hydrogens is 286 g/mol. The summed E-state index contributed by atoms with van der Waals surface area (Å²) in [4.78, 5) is 27.9. The molecule has 8 nitrogen and oxygen atoms in total. The van der Waals surface area contributed by atoms with E-state index in [-0.39, 0.29) is 18.2 Å². The van der Waals surface area contributed by atoms with Gasteiger partial charge >= 0.3 is 0 Å². The molecule has 0 aliphatic carbocycles. The minimum atomic E-state index is -0.465. The molecule has 3 rings (SSSR count). The molecule has 1 aromatic heterocycles. The summed E-state index contributed by atoms with van der Waals surface area (Å²) in [6, 6.07) is 7.00. The molecule has 2 amide bonds. The van der Waals surface area contributed by atoms with Crippen molar-refractivity contribution in [2.45, 2.75) is 13.0 Å². The number of aromatic nitrogens is 3. The van der Waals surface area contributed by atoms with Gasteiger partial charge in [-0.1, -0.05) is 0 Å². The van der Waals surface area contributed by atoms with Crippen LogP contribution in [0.1, 0.15) is 6.42 Å². The molecular formula is C14H15N5O3. The standard InChI is InChI=1S/C14H15N5O3/c1-22-11-4-2-10(3-5-11)17-12(20)6-9-7-19-14(15-8-16-19)18-13(9)21/h2-5,8-9H,6-7H2,1H3,(H,17,20)(H,15,16,18,21)/t9-/m1/s1. The monoisotopic (exact) mass is 301 g/mol. The van der Waals surface area contributed by atoms with Gasteiger partial charge < -0.3 is 10.1 Å². The molecule has 2 heterocycles. The highest BCUT2D eigenvalue weighted by molar-refractivity contribution is 5.98. The lowest BCUT2D eigenvalue weighted by Crippen LogP contribution is -2.36. The zero-order valence-corrected chi connectivity index (χ0v) is 11.9. The normalized spacial score (nSPS) is 16.6. The lowest BCUT2D eigenvalue weighted by molar-refractivity contribution is -0.125. The number of rotatable bonds is 4. The van der Waals surface area contributed by atoms with Crippen molar-refractivity contribution in [3.8, 4) is 5.75 Å². The maximum absolute atomic E-state index is 12.1. The number of carbonyl (C=O) groups is 2. The van der Waals surface area contributed by atoms with Crippen LogP contribution in [-0.2, 0) is 16.1 Å². The first-order chi connectivity index (χ1) is 10.7. The fraction of sp³-hybridized carbons (Fsp3) is 0.286. The lowest BCUT2D eigenvalue weighted by atomic mass is 10.0. The van der Waals surface area contributed by atoms with Crippen LogP contribution < -0.4 is 15.4 Å². The first-order valence-corrected chi connectivity index (χ1v) is 6.78. The number of nitrogens with one attached hydrogen (secondary N) is 2. The van der Waals surface area contributed by atoms with Crippen molar-refractivity contribution in [1.29, 1.82) is 0 Å². The van der Waals surface area contributed by atoms with Crippen molar-refractivity contribution >= 4 is 23.5 Å². The molecule has 1 aliphatic heterocycles. The van der Waals surface area contributed by atoms with Crippen LogP contribution in [0.15, 0.2) is 30.6 Å². The SMILES string of the molecule is COc1ccc(NC(=O)C[C@@H]2Cn3ncnc3NC2=O)cc1. The molecule has 0 spiro atoms. The fourth-order valence-corrected chi connectivity index (χ4v) is 2.27. The van der Waals surface area contributed by atoms with Crippen molar-refractivity contribution in [3.63, 3.8) is 0 Å². The van der Waals surface area contributed by atoms with Crippen molar-refractivity contribution in [1.82, 2.24) is 14.8 Å². The van der Waals surface area contributed by atoms with Gasteiger partial charge in [0.1, 0.15) is 12.1 Å². The second kappa shape index (κ2) is 5.84. The highest BCUT2D eigenvalue weighted by Crippen LogP contribution is 2.20. The number of amides is 2. The number of carbonyl (C=O) groups excluding carboxylic acids is 2. The van der Waals surface area contributed by atoms with E-state index >= 15 is 0 Å². The molecule has 1 aliphatic rings. The van der Waals surface area contributed by atoms with Gasteiger partial charge in [-0.2, -0.15) is 10.1 Å². The topological polar surface area (TPSA) is 98.1 Å². The lowest BCUT2D eigenvalue weighted by Gasteiger charge is -2.21. The van der Waals surface area contributed by atoms with E-state index in [1.807, 2.05) is 0 Å². The summed E-state index contributed by atoms with van der Waals surface area (Å²) in [5.74, 6) is 0.215. The summed E-state index contributed by atoms with van der Waals surface area (Å²) in [6.45, 7) is 0.344. The summed E-state index contributed by atoms with van der Waals surface area (Å²) < 4.78 is 6.63. The first kappa shape index (κ1) is 14.1. The molecule has 1 atom stereocenters. The average molecular weight is 301 g/mol. The minimum absolute atomic E-state index is 0.0805. The summed E-state index contributed by atoms with van der Waals surface area (Å²) >= 11 is 0. The Hall–Kier alpha value is -2.90. The fourth-order valence-electron chi connectivity index (χ4n) is 2.27. The minimum Gasteiger partial charge on any atom is -0.497 e. The van der Waals surface area contributed by atoms with Gasteiger partial charge in [-0.3, -0.25) is 14.9 Å². The Morgan fingerprint density at radius 1 is 1.45 bits per heavy atom. The molecule has 0 unspecified atom stereocenters. The van der Waals surface area contributed by atoms with Crippen molar-refractivity contribution in [2.24, 2.45) is 5.92 Å². The van der Waals surface area contributed by atoms with E-state index in [1.165, 1.54) is 6.33 Å². The van der Waals surface area contributed by atoms with Gasteiger partial charge in [-0.15, -0.1) is 0 Å². The van der Waals surface area contributed by atoms with Crippen LogP contribution in [0.3, 0.4) is 0 Å². The Labute approximate surface area is 126 Å². The maximum Gasteiger partial charge on any atom is 0.232 e. The van der Waals surface area contributed by atoms with E-state index in [0.717, 1.165) is 0 Å². The van der Waals surface area contributed by atoms with Crippen molar-refractivity contribution in [2.75, 3.05) is 17.7 Å². The number of methoxy groups -OCH3 is 1. The Morgan fingerprint density at radius 2 is 2.23 bits per heavy atom. The highest BCUT2D eigenvalue weighted by atomic mass is 16.5. The third-order valence-electron chi connectivity index (χ3n) is 3.42. The molecule has 114 valence electrons. The molecule has 0 radical (unpaired) electrons. The van der Waals surface area contributed by atoms with Gasteiger partial charge in [0.25, 0.3) is 0 Å². The summed E-state index contributed by atoms with van der Waals surface area (Å²) in [5.41, 5.74) is 0.656. The van der Waals surface area contributed by atoms with Crippen molar-refractivity contribution < 1.29 is 14.3 Å². The number of fused-ring (bicyclic) bond motifs is 1. The zero-order valence-electron chi connectivity index (χ0n) is 11.9. The van der Waals surface area contributed by atoms with Gasteiger partial charge in [0.05, 0.1) is 19.6 Å². The quantitative estimate of drug-likeness (QED) is 0.873. The van der Waals surface area contributed by atoms with Gasteiger partial charge in [0, 0.05) is 12.1 Å². The van der Waals surface area contributed by atoms with Crippen LogP contribution in [0.2, 0.25) is 0 Å². The van der Waals surface area contributed by atoms with Crippen molar-refractivity contribution in [3.05, 3.63) is 30.6 Å². The zero-order chi connectivity index (χ0) is 15.5. The van der Waals surface area contributed by atoms with Crippen LogP contribution in [0, 0.1) is 5.92 Å². The third-order valence-corrected chi connectivity index (χ3v) is 3.42. The molecule has 0 saturated carbocycles. The van der Waals surface area contributed by atoms with E-state index in [4.69, 9.17) is 4.74 Å². The number of hydrogen-bond donors (Lipinski definition) is 2. The van der Waals surface area contributed by atoms with Crippen LogP contribution in [0.4, 0.5) is 11.6 Å². The van der Waals surface area contributed by atoms with Gasteiger partial charge in [-0.05, 0) is 24.3 Å². The summed E-state index contributed by atoms with van der Waals surface area (Å²) in [7, 11) is 1.58. The predicted octanol–water partition coefficient (Wildman–Crippen LogP) is 0.884.